The number of hydrogen-bond acceptors (Lipinski definition) is 3. The third-order valence-corrected chi connectivity index (χ3v) is 3.96. The summed E-state index contributed by atoms with van der Waals surface area (Å²) >= 11 is 0. The third-order valence-electron chi connectivity index (χ3n) is 3.96. The second-order valence-electron chi connectivity index (χ2n) is 5.66. The number of benzene rings is 1. The van der Waals surface area contributed by atoms with Crippen molar-refractivity contribution in [3.8, 4) is 0 Å². The highest BCUT2D eigenvalue weighted by atomic mass is 16.4. The summed E-state index contributed by atoms with van der Waals surface area (Å²) in [7, 11) is 1.74. The molecular weight excluding hydrogens is 264 g/mol. The minimum absolute atomic E-state index is 0.300. The summed E-state index contributed by atoms with van der Waals surface area (Å²) < 4.78 is 6.85. The Kier molecular flexibility index (Phi) is 5.62. The maximum absolute atomic E-state index is 11.6. The lowest BCUT2D eigenvalue weighted by Gasteiger charge is -2.19. The van der Waals surface area contributed by atoms with Gasteiger partial charge in [0.2, 0.25) is 0 Å². The highest BCUT2D eigenvalue weighted by molar-refractivity contribution is 5.73. The van der Waals surface area contributed by atoms with Crippen molar-refractivity contribution in [2.24, 2.45) is 7.05 Å². The van der Waals surface area contributed by atoms with Crippen molar-refractivity contribution >= 4 is 11.1 Å². The van der Waals surface area contributed by atoms with Crippen LogP contribution in [0.1, 0.15) is 57.6 Å². The van der Waals surface area contributed by atoms with E-state index in [0.717, 1.165) is 24.9 Å². The molecule has 0 aliphatic heterocycles. The first-order chi connectivity index (χ1) is 10.2. The average Bonchev–Trinajstić information content (AvgIpc) is 2.77. The van der Waals surface area contributed by atoms with Crippen LogP contribution in [0, 0.1) is 0 Å². The maximum atomic E-state index is 11.6. The molecule has 1 N–H and O–H groups in total. The average molecular weight is 290 g/mol. The van der Waals surface area contributed by atoms with Gasteiger partial charge in [-0.15, -0.1) is 0 Å². The fourth-order valence-electron chi connectivity index (χ4n) is 2.67. The van der Waals surface area contributed by atoms with E-state index >= 15 is 0 Å². The third kappa shape index (κ3) is 3.76. The highest BCUT2D eigenvalue weighted by Gasteiger charge is 2.13. The van der Waals surface area contributed by atoms with Crippen molar-refractivity contribution in [1.29, 1.82) is 0 Å². The van der Waals surface area contributed by atoms with E-state index in [1.54, 1.807) is 11.6 Å². The molecule has 0 spiro atoms. The molecule has 0 radical (unpaired) electrons. The molecule has 2 rings (SSSR count). The van der Waals surface area contributed by atoms with Gasteiger partial charge in [0.1, 0.15) is 0 Å². The second-order valence-corrected chi connectivity index (χ2v) is 5.66. The van der Waals surface area contributed by atoms with Crippen molar-refractivity contribution in [2.45, 2.75) is 52.0 Å². The first-order valence-corrected chi connectivity index (χ1v) is 8.00. The molecule has 0 saturated carbocycles. The van der Waals surface area contributed by atoms with E-state index in [1.165, 1.54) is 24.8 Å². The topological polar surface area (TPSA) is 47.2 Å². The fraction of sp³-hybridized carbons (Fsp3) is 0.588. The molecule has 1 aromatic heterocycles. The van der Waals surface area contributed by atoms with Crippen LogP contribution in [0.5, 0.6) is 0 Å². The monoisotopic (exact) mass is 290 g/mol. The lowest BCUT2D eigenvalue weighted by molar-refractivity contribution is 0.473. The van der Waals surface area contributed by atoms with E-state index in [1.807, 2.05) is 12.1 Å². The zero-order valence-electron chi connectivity index (χ0n) is 13.3. The molecule has 1 atom stereocenters. The molecule has 0 saturated heterocycles. The number of nitrogens with one attached hydrogen (secondary N) is 1. The molecule has 1 aromatic carbocycles. The molecule has 0 aliphatic rings. The van der Waals surface area contributed by atoms with E-state index in [-0.39, 0.29) is 5.76 Å². The highest BCUT2D eigenvalue weighted by Crippen LogP contribution is 2.24. The maximum Gasteiger partial charge on any atom is 0.419 e. The van der Waals surface area contributed by atoms with Crippen LogP contribution < -0.4 is 11.1 Å². The number of nitrogens with zero attached hydrogens (tertiary/aromatic N) is 1. The number of fused-ring (bicyclic) bond motifs is 1. The van der Waals surface area contributed by atoms with E-state index in [2.05, 4.69) is 25.2 Å². The number of aromatic nitrogens is 1. The molecule has 4 nitrogen and oxygen atoms in total. The SMILES string of the molecule is CCCCCC(NCCC)c1ccc2c(c1)oc(=O)n2C. The Morgan fingerprint density at radius 2 is 2.05 bits per heavy atom. The molecule has 0 aliphatic carbocycles. The molecule has 21 heavy (non-hydrogen) atoms. The van der Waals surface area contributed by atoms with Gasteiger partial charge in [-0.3, -0.25) is 4.57 Å². The van der Waals surface area contributed by atoms with E-state index in [0.29, 0.717) is 11.6 Å². The quantitative estimate of drug-likeness (QED) is 0.753. The van der Waals surface area contributed by atoms with Crippen molar-refractivity contribution in [2.75, 3.05) is 6.54 Å². The summed E-state index contributed by atoms with van der Waals surface area (Å²) in [4.78, 5) is 11.6. The molecule has 2 aromatic rings. The Morgan fingerprint density at radius 3 is 2.76 bits per heavy atom. The number of aryl methyl sites for hydroxylation is 1. The Morgan fingerprint density at radius 1 is 1.24 bits per heavy atom. The molecule has 116 valence electrons. The minimum atomic E-state index is -0.300. The van der Waals surface area contributed by atoms with Gasteiger partial charge in [-0.25, -0.2) is 4.79 Å². The van der Waals surface area contributed by atoms with Gasteiger partial charge in [0, 0.05) is 13.1 Å². The van der Waals surface area contributed by atoms with E-state index in [9.17, 15) is 4.79 Å². The van der Waals surface area contributed by atoms with Gasteiger partial charge in [-0.2, -0.15) is 0 Å². The normalized spacial score (nSPS) is 12.9. The Balaban J connectivity index is 2.23. The number of unbranched alkanes of at least 4 members (excludes halogenated alkanes) is 2. The summed E-state index contributed by atoms with van der Waals surface area (Å²) in [5.74, 6) is -0.300. The second kappa shape index (κ2) is 7.46. The zero-order chi connectivity index (χ0) is 15.2. The Hall–Kier alpha value is -1.55. The van der Waals surface area contributed by atoms with Crippen LogP contribution in [0.4, 0.5) is 0 Å². The standard InChI is InChI=1S/C17H26N2O2/c1-4-6-7-8-14(18-11-5-2)13-9-10-15-16(12-13)21-17(20)19(15)3/h9-10,12,14,18H,4-8,11H2,1-3H3. The van der Waals surface area contributed by atoms with Crippen LogP contribution in [0.2, 0.25) is 0 Å². The van der Waals surface area contributed by atoms with Gasteiger partial charge in [0.15, 0.2) is 5.58 Å². The van der Waals surface area contributed by atoms with Crippen LogP contribution >= 0.6 is 0 Å². The number of oxazole rings is 1. The van der Waals surface area contributed by atoms with Crippen molar-refractivity contribution in [3.63, 3.8) is 0 Å². The van der Waals surface area contributed by atoms with Crippen LogP contribution in [-0.2, 0) is 7.05 Å². The number of hydrogen-bond donors (Lipinski definition) is 1. The molecule has 1 heterocycles. The molecule has 0 fully saturated rings. The van der Waals surface area contributed by atoms with Gasteiger partial charge >= 0.3 is 5.76 Å². The van der Waals surface area contributed by atoms with Crippen LogP contribution in [0.15, 0.2) is 27.4 Å². The van der Waals surface area contributed by atoms with Gasteiger partial charge < -0.3 is 9.73 Å². The van der Waals surface area contributed by atoms with E-state index in [4.69, 9.17) is 4.42 Å². The first kappa shape index (κ1) is 15.8. The predicted octanol–water partition coefficient (Wildman–Crippen LogP) is 3.75. The van der Waals surface area contributed by atoms with Gasteiger partial charge in [-0.05, 0) is 37.1 Å². The Labute approximate surface area is 126 Å². The molecular formula is C17H26N2O2. The predicted molar refractivity (Wildman–Crippen MR) is 86.6 cm³/mol. The molecule has 4 heteroatoms. The van der Waals surface area contributed by atoms with Crippen molar-refractivity contribution in [3.05, 3.63) is 34.3 Å². The van der Waals surface area contributed by atoms with E-state index < -0.39 is 0 Å². The van der Waals surface area contributed by atoms with Gasteiger partial charge in [0.25, 0.3) is 0 Å². The smallest absolute Gasteiger partial charge is 0.408 e. The number of rotatable bonds is 8. The summed E-state index contributed by atoms with van der Waals surface area (Å²) in [6.45, 7) is 5.41. The zero-order valence-corrected chi connectivity index (χ0v) is 13.3. The molecule has 1 unspecified atom stereocenters. The summed E-state index contributed by atoms with van der Waals surface area (Å²) in [5.41, 5.74) is 2.74. The lowest BCUT2D eigenvalue weighted by Crippen LogP contribution is -2.22. The van der Waals surface area contributed by atoms with Crippen LogP contribution in [0.3, 0.4) is 0 Å². The molecule has 0 bridgehead atoms. The fourth-order valence-corrected chi connectivity index (χ4v) is 2.67. The van der Waals surface area contributed by atoms with Gasteiger partial charge in [-0.1, -0.05) is 39.2 Å². The van der Waals surface area contributed by atoms with Crippen LogP contribution in [0.25, 0.3) is 11.1 Å². The van der Waals surface area contributed by atoms with Crippen LogP contribution in [-0.4, -0.2) is 11.1 Å². The summed E-state index contributed by atoms with van der Waals surface area (Å²) in [5, 5.41) is 3.60. The van der Waals surface area contributed by atoms with Gasteiger partial charge in [0.05, 0.1) is 5.52 Å². The summed E-state index contributed by atoms with van der Waals surface area (Å²) in [6, 6.07) is 6.44. The largest absolute Gasteiger partial charge is 0.419 e. The summed E-state index contributed by atoms with van der Waals surface area (Å²) in [6.07, 6.45) is 5.94. The molecule has 0 amide bonds. The first-order valence-electron chi connectivity index (χ1n) is 8.00. The Bertz CT molecular complexity index is 627. The van der Waals surface area contributed by atoms with Crippen molar-refractivity contribution in [1.82, 2.24) is 9.88 Å². The van der Waals surface area contributed by atoms with Crippen molar-refractivity contribution < 1.29 is 4.42 Å². The minimum Gasteiger partial charge on any atom is -0.408 e. The lowest BCUT2D eigenvalue weighted by atomic mass is 10.00.